The van der Waals surface area contributed by atoms with Crippen molar-refractivity contribution in [2.24, 2.45) is 0 Å². The Morgan fingerprint density at radius 2 is 1.74 bits per heavy atom. The van der Waals surface area contributed by atoms with E-state index in [1.165, 1.54) is 29.2 Å². The van der Waals surface area contributed by atoms with E-state index in [0.29, 0.717) is 22.9 Å². The van der Waals surface area contributed by atoms with Crippen LogP contribution in [-0.2, 0) is 0 Å². The lowest BCUT2D eigenvalue weighted by Crippen LogP contribution is -2.01. The third-order valence-electron chi connectivity index (χ3n) is 3.93. The molecule has 0 unspecified atom stereocenters. The second-order valence-electron chi connectivity index (χ2n) is 5.78. The average molecular weight is 360 g/mol. The van der Waals surface area contributed by atoms with Crippen LogP contribution in [0.15, 0.2) is 73.2 Å². The lowest BCUT2D eigenvalue weighted by atomic mass is 10.1. The van der Waals surface area contributed by atoms with Crippen LogP contribution in [0.4, 0.5) is 4.39 Å². The summed E-state index contributed by atoms with van der Waals surface area (Å²) < 4.78 is 15.2. The Morgan fingerprint density at radius 1 is 0.963 bits per heavy atom. The molecule has 0 radical (unpaired) electrons. The number of halogens is 1. The number of nitrogens with zero attached hydrogens (tertiary/aromatic N) is 4. The van der Waals surface area contributed by atoms with Gasteiger partial charge >= 0.3 is 5.97 Å². The molecule has 0 atom stereocenters. The first-order valence-electron chi connectivity index (χ1n) is 8.08. The molecule has 4 aromatic rings. The third kappa shape index (κ3) is 3.43. The Hall–Kier alpha value is -3.87. The van der Waals surface area contributed by atoms with Crippen LogP contribution in [0.2, 0.25) is 0 Å². The molecule has 0 spiro atoms. The molecular weight excluding hydrogens is 347 g/mol. The molecule has 4 rings (SSSR count). The van der Waals surface area contributed by atoms with E-state index in [2.05, 4.69) is 15.0 Å². The number of carboxylic acid groups (broad SMARTS) is 1. The number of aromatic nitrogens is 4. The number of carboxylic acids is 1. The van der Waals surface area contributed by atoms with Crippen LogP contribution in [0.1, 0.15) is 10.5 Å². The van der Waals surface area contributed by atoms with Crippen molar-refractivity contribution < 1.29 is 14.3 Å². The van der Waals surface area contributed by atoms with Crippen LogP contribution in [0.25, 0.3) is 28.5 Å². The Bertz CT molecular complexity index is 1130. The normalized spacial score (nSPS) is 10.7. The molecular formula is C20H13FN4O2. The van der Waals surface area contributed by atoms with Crippen LogP contribution < -0.4 is 0 Å². The summed E-state index contributed by atoms with van der Waals surface area (Å²) in [5.74, 6) is -0.755. The van der Waals surface area contributed by atoms with Gasteiger partial charge in [0.1, 0.15) is 18.0 Å². The maximum absolute atomic E-state index is 13.7. The van der Waals surface area contributed by atoms with Crippen LogP contribution in [-0.4, -0.2) is 30.6 Å². The predicted octanol–water partition coefficient (Wildman–Crippen LogP) is 3.83. The van der Waals surface area contributed by atoms with Gasteiger partial charge in [-0.3, -0.25) is 4.57 Å². The van der Waals surface area contributed by atoms with Crippen LogP contribution in [0.5, 0.6) is 0 Å². The number of aromatic carboxylic acids is 1. The first-order chi connectivity index (χ1) is 13.1. The van der Waals surface area contributed by atoms with Crippen LogP contribution >= 0.6 is 0 Å². The smallest absolute Gasteiger partial charge is 0.356 e. The van der Waals surface area contributed by atoms with E-state index in [1.807, 2.05) is 30.3 Å². The maximum Gasteiger partial charge on any atom is 0.356 e. The van der Waals surface area contributed by atoms with E-state index in [-0.39, 0.29) is 5.69 Å². The maximum atomic E-state index is 13.7. The lowest BCUT2D eigenvalue weighted by Gasteiger charge is -2.09. The van der Waals surface area contributed by atoms with E-state index in [9.17, 15) is 9.18 Å². The van der Waals surface area contributed by atoms with Crippen molar-refractivity contribution in [3.63, 3.8) is 0 Å². The first-order valence-corrected chi connectivity index (χ1v) is 8.08. The molecule has 2 aromatic heterocycles. The number of hydrogen-bond acceptors (Lipinski definition) is 4. The topological polar surface area (TPSA) is 80.9 Å². The van der Waals surface area contributed by atoms with Gasteiger partial charge in [-0.1, -0.05) is 42.5 Å². The molecule has 1 N–H and O–H groups in total. The van der Waals surface area contributed by atoms with Gasteiger partial charge in [0.15, 0.2) is 11.5 Å². The van der Waals surface area contributed by atoms with E-state index >= 15 is 0 Å². The molecule has 0 saturated heterocycles. The summed E-state index contributed by atoms with van der Waals surface area (Å²) in [7, 11) is 0. The van der Waals surface area contributed by atoms with Gasteiger partial charge in [-0.05, 0) is 12.1 Å². The molecule has 27 heavy (non-hydrogen) atoms. The average Bonchev–Trinajstić information content (AvgIpc) is 3.19. The summed E-state index contributed by atoms with van der Waals surface area (Å²) >= 11 is 0. The molecule has 0 bridgehead atoms. The third-order valence-corrected chi connectivity index (χ3v) is 3.93. The zero-order chi connectivity index (χ0) is 18.8. The molecule has 0 aliphatic rings. The number of hydrogen-bond donors (Lipinski definition) is 1. The molecule has 0 aliphatic heterocycles. The Morgan fingerprint density at radius 3 is 2.44 bits per heavy atom. The largest absolute Gasteiger partial charge is 0.476 e. The lowest BCUT2D eigenvalue weighted by molar-refractivity contribution is 0.0691. The van der Waals surface area contributed by atoms with Crippen molar-refractivity contribution >= 4 is 5.97 Å². The molecule has 6 nitrogen and oxygen atoms in total. The number of imidazole rings is 1. The number of carbonyl (C=O) groups is 1. The zero-order valence-electron chi connectivity index (χ0n) is 14.0. The summed E-state index contributed by atoms with van der Waals surface area (Å²) in [5.41, 5.74) is 1.91. The van der Waals surface area contributed by atoms with Crippen molar-refractivity contribution in [3.05, 3.63) is 84.7 Å². The molecule has 0 saturated carbocycles. The zero-order valence-corrected chi connectivity index (χ0v) is 14.0. The van der Waals surface area contributed by atoms with Crippen molar-refractivity contribution in [1.29, 1.82) is 0 Å². The van der Waals surface area contributed by atoms with Crippen LogP contribution in [0.3, 0.4) is 0 Å². The molecule has 2 aromatic carbocycles. The fourth-order valence-electron chi connectivity index (χ4n) is 2.64. The predicted molar refractivity (Wildman–Crippen MR) is 96.9 cm³/mol. The minimum atomic E-state index is -1.13. The van der Waals surface area contributed by atoms with Crippen LogP contribution in [0, 0.1) is 5.82 Å². The Kier molecular flexibility index (Phi) is 4.18. The molecule has 132 valence electrons. The second-order valence-corrected chi connectivity index (χ2v) is 5.78. The van der Waals surface area contributed by atoms with E-state index in [0.717, 1.165) is 5.56 Å². The SMILES string of the molecule is O=C(O)c1cn(-c2cc(-c3ccccc3)nc(-c3cccc(F)c3)n2)cn1. The molecule has 0 fully saturated rings. The summed E-state index contributed by atoms with van der Waals surface area (Å²) in [6, 6.07) is 17.2. The van der Waals surface area contributed by atoms with Gasteiger partial charge in [0, 0.05) is 23.4 Å². The van der Waals surface area contributed by atoms with E-state index in [4.69, 9.17) is 5.11 Å². The van der Waals surface area contributed by atoms with Crippen molar-refractivity contribution in [3.8, 4) is 28.5 Å². The minimum Gasteiger partial charge on any atom is -0.476 e. The highest BCUT2D eigenvalue weighted by Gasteiger charge is 2.13. The van der Waals surface area contributed by atoms with Gasteiger partial charge in [-0.2, -0.15) is 0 Å². The van der Waals surface area contributed by atoms with E-state index < -0.39 is 11.8 Å². The first kappa shape index (κ1) is 16.6. The fraction of sp³-hybridized carbons (Fsp3) is 0. The molecule has 0 aliphatic carbocycles. The Labute approximate surface area is 153 Å². The quantitative estimate of drug-likeness (QED) is 0.598. The number of rotatable bonds is 4. The highest BCUT2D eigenvalue weighted by Crippen LogP contribution is 2.24. The van der Waals surface area contributed by atoms with E-state index in [1.54, 1.807) is 18.2 Å². The molecule has 0 amide bonds. The monoisotopic (exact) mass is 360 g/mol. The van der Waals surface area contributed by atoms with Gasteiger partial charge in [-0.25, -0.2) is 24.1 Å². The summed E-state index contributed by atoms with van der Waals surface area (Å²) in [5, 5.41) is 9.09. The van der Waals surface area contributed by atoms with Gasteiger partial charge < -0.3 is 5.11 Å². The summed E-state index contributed by atoms with van der Waals surface area (Å²) in [6.45, 7) is 0. The standard InChI is InChI=1S/C20H13FN4O2/c21-15-8-4-7-14(9-15)19-23-16(13-5-2-1-3-6-13)10-18(24-19)25-11-17(20(26)27)22-12-25/h1-12H,(H,26,27). The van der Waals surface area contributed by atoms with Crippen molar-refractivity contribution in [2.45, 2.75) is 0 Å². The van der Waals surface area contributed by atoms with Gasteiger partial charge in [0.25, 0.3) is 0 Å². The second kappa shape index (κ2) is 6.80. The highest BCUT2D eigenvalue weighted by molar-refractivity contribution is 5.85. The Balaban J connectivity index is 1.90. The van der Waals surface area contributed by atoms with Gasteiger partial charge in [-0.15, -0.1) is 0 Å². The highest BCUT2D eigenvalue weighted by atomic mass is 19.1. The summed E-state index contributed by atoms with van der Waals surface area (Å²) in [6.07, 6.45) is 2.74. The molecule has 2 heterocycles. The van der Waals surface area contributed by atoms with Gasteiger partial charge in [0.05, 0.1) is 5.69 Å². The molecule has 7 heteroatoms. The number of benzene rings is 2. The van der Waals surface area contributed by atoms with Gasteiger partial charge in [0.2, 0.25) is 0 Å². The van der Waals surface area contributed by atoms with Crippen molar-refractivity contribution in [2.75, 3.05) is 0 Å². The fourth-order valence-corrected chi connectivity index (χ4v) is 2.64. The van der Waals surface area contributed by atoms with Crippen molar-refractivity contribution in [1.82, 2.24) is 19.5 Å². The summed E-state index contributed by atoms with van der Waals surface area (Å²) in [4.78, 5) is 24.0. The minimum absolute atomic E-state index is 0.0952.